The molecule has 0 saturated heterocycles. The highest BCUT2D eigenvalue weighted by Crippen LogP contribution is 2.23. The number of carbonyl (C=O) groups excluding carboxylic acids is 1. The molecule has 0 radical (unpaired) electrons. The summed E-state index contributed by atoms with van der Waals surface area (Å²) in [4.78, 5) is 20.7. The van der Waals surface area contributed by atoms with Gasteiger partial charge in [-0.1, -0.05) is 17.3 Å². The van der Waals surface area contributed by atoms with Crippen LogP contribution in [0, 0.1) is 6.92 Å². The standard InChI is InChI=1S/C21H19N5O3/c1-14-11-19(26-29-14)25-20(27)6-5-15-3-2-4-16(12-15)28-17-7-8-22-18(13-17)21-23-9-10-24-21/h2-8,11-13H,9-10H2,1H3,(H,23,24)(H,25,26,27)/b6-5+. The summed E-state index contributed by atoms with van der Waals surface area (Å²) in [5.41, 5.74) is 1.57. The van der Waals surface area contributed by atoms with Crippen molar-refractivity contribution in [3.05, 3.63) is 71.8 Å². The highest BCUT2D eigenvalue weighted by Gasteiger charge is 2.10. The van der Waals surface area contributed by atoms with Crippen molar-refractivity contribution in [2.75, 3.05) is 18.4 Å². The van der Waals surface area contributed by atoms with Crippen molar-refractivity contribution in [1.29, 1.82) is 0 Å². The lowest BCUT2D eigenvalue weighted by atomic mass is 10.2. The topological polar surface area (TPSA) is 102 Å². The molecule has 0 spiro atoms. The van der Waals surface area contributed by atoms with Crippen LogP contribution in [0.25, 0.3) is 6.08 Å². The van der Waals surface area contributed by atoms with Gasteiger partial charge in [-0.15, -0.1) is 0 Å². The number of pyridine rings is 1. The van der Waals surface area contributed by atoms with Gasteiger partial charge in [0.1, 0.15) is 28.8 Å². The minimum absolute atomic E-state index is 0.298. The molecule has 4 rings (SSSR count). The van der Waals surface area contributed by atoms with E-state index in [0.29, 0.717) is 23.1 Å². The summed E-state index contributed by atoms with van der Waals surface area (Å²) in [7, 11) is 0. The molecule has 0 unspecified atom stereocenters. The molecule has 2 N–H and O–H groups in total. The van der Waals surface area contributed by atoms with Gasteiger partial charge in [-0.2, -0.15) is 0 Å². The van der Waals surface area contributed by atoms with E-state index in [1.807, 2.05) is 30.3 Å². The molecule has 3 aromatic rings. The number of benzene rings is 1. The lowest BCUT2D eigenvalue weighted by Crippen LogP contribution is -2.20. The Morgan fingerprint density at radius 2 is 2.14 bits per heavy atom. The van der Waals surface area contributed by atoms with Crippen LogP contribution in [0.15, 0.2) is 64.3 Å². The first-order valence-corrected chi connectivity index (χ1v) is 9.11. The number of rotatable bonds is 6. The van der Waals surface area contributed by atoms with E-state index in [1.54, 1.807) is 31.3 Å². The predicted octanol–water partition coefficient (Wildman–Crippen LogP) is 3.17. The van der Waals surface area contributed by atoms with Crippen LogP contribution in [0.4, 0.5) is 5.82 Å². The molecule has 0 bridgehead atoms. The zero-order valence-electron chi connectivity index (χ0n) is 15.8. The first kappa shape index (κ1) is 18.4. The second kappa shape index (κ2) is 8.39. The Balaban J connectivity index is 1.42. The Morgan fingerprint density at radius 1 is 1.24 bits per heavy atom. The molecule has 1 amide bonds. The second-order valence-corrected chi connectivity index (χ2v) is 6.35. The Bertz CT molecular complexity index is 1090. The van der Waals surface area contributed by atoms with Gasteiger partial charge in [0.2, 0.25) is 5.91 Å². The summed E-state index contributed by atoms with van der Waals surface area (Å²) in [5, 5.41) is 9.56. The van der Waals surface area contributed by atoms with Crippen LogP contribution in [0.1, 0.15) is 17.0 Å². The number of hydrogen-bond donors (Lipinski definition) is 2. The van der Waals surface area contributed by atoms with Crippen LogP contribution < -0.4 is 15.4 Å². The zero-order chi connectivity index (χ0) is 20.1. The molecule has 2 aromatic heterocycles. The molecule has 1 aromatic carbocycles. The molecule has 0 aliphatic carbocycles. The van der Waals surface area contributed by atoms with Gasteiger partial charge in [0.15, 0.2) is 5.82 Å². The van der Waals surface area contributed by atoms with E-state index in [4.69, 9.17) is 9.26 Å². The van der Waals surface area contributed by atoms with Crippen LogP contribution in [0.5, 0.6) is 11.5 Å². The highest BCUT2D eigenvalue weighted by atomic mass is 16.5. The zero-order valence-corrected chi connectivity index (χ0v) is 15.8. The number of ether oxygens (including phenoxy) is 1. The summed E-state index contributed by atoms with van der Waals surface area (Å²) >= 11 is 0. The number of anilines is 1. The van der Waals surface area contributed by atoms with E-state index in [2.05, 4.69) is 25.8 Å². The fourth-order valence-electron chi connectivity index (χ4n) is 2.76. The van der Waals surface area contributed by atoms with E-state index < -0.39 is 0 Å². The van der Waals surface area contributed by atoms with Crippen LogP contribution in [0.2, 0.25) is 0 Å². The largest absolute Gasteiger partial charge is 0.457 e. The number of amidine groups is 1. The number of aromatic nitrogens is 2. The molecule has 3 heterocycles. The van der Waals surface area contributed by atoms with Crippen LogP contribution in [-0.2, 0) is 4.79 Å². The maximum absolute atomic E-state index is 12.0. The van der Waals surface area contributed by atoms with E-state index >= 15 is 0 Å². The first-order chi connectivity index (χ1) is 14.2. The maximum Gasteiger partial charge on any atom is 0.249 e. The number of nitrogens with zero attached hydrogens (tertiary/aromatic N) is 3. The molecule has 29 heavy (non-hydrogen) atoms. The smallest absolute Gasteiger partial charge is 0.249 e. The number of aryl methyl sites for hydroxylation is 1. The number of amides is 1. The first-order valence-electron chi connectivity index (χ1n) is 9.11. The van der Waals surface area contributed by atoms with Crippen molar-refractivity contribution < 1.29 is 14.1 Å². The van der Waals surface area contributed by atoms with E-state index in [9.17, 15) is 4.79 Å². The molecule has 1 aliphatic rings. The third-order valence-electron chi connectivity index (χ3n) is 4.05. The Morgan fingerprint density at radius 3 is 2.93 bits per heavy atom. The molecule has 146 valence electrons. The van der Waals surface area contributed by atoms with E-state index in [1.165, 1.54) is 6.08 Å². The van der Waals surface area contributed by atoms with Crippen molar-refractivity contribution in [2.24, 2.45) is 4.99 Å². The SMILES string of the molecule is Cc1cc(NC(=O)/C=C/c2cccc(Oc3ccnc(C4=NCCN4)c3)c2)no1. The normalized spacial score (nSPS) is 13.2. The number of nitrogens with one attached hydrogen (secondary N) is 2. The Labute approximate surface area is 167 Å². The third kappa shape index (κ3) is 4.86. The minimum atomic E-state index is -0.298. The molecular formula is C21H19N5O3. The fourth-order valence-corrected chi connectivity index (χ4v) is 2.76. The Kier molecular flexibility index (Phi) is 5.33. The van der Waals surface area contributed by atoms with Gasteiger partial charge >= 0.3 is 0 Å². The van der Waals surface area contributed by atoms with Gasteiger partial charge in [-0.25, -0.2) is 0 Å². The summed E-state index contributed by atoms with van der Waals surface area (Å²) in [6, 6.07) is 12.7. The summed E-state index contributed by atoms with van der Waals surface area (Å²) in [6.07, 6.45) is 4.81. The quantitative estimate of drug-likeness (QED) is 0.628. The fraction of sp³-hybridized carbons (Fsp3) is 0.143. The minimum Gasteiger partial charge on any atom is -0.457 e. The lowest BCUT2D eigenvalue weighted by Gasteiger charge is -2.08. The van der Waals surface area contributed by atoms with E-state index in [-0.39, 0.29) is 5.91 Å². The van der Waals surface area contributed by atoms with Crippen molar-refractivity contribution in [2.45, 2.75) is 6.92 Å². The molecule has 0 saturated carbocycles. The van der Waals surface area contributed by atoms with Gasteiger partial charge in [0, 0.05) is 31.0 Å². The third-order valence-corrected chi connectivity index (χ3v) is 4.05. The molecule has 1 aliphatic heterocycles. The summed E-state index contributed by atoms with van der Waals surface area (Å²) in [5.74, 6) is 2.80. The van der Waals surface area contributed by atoms with Crippen molar-refractivity contribution >= 4 is 23.6 Å². The van der Waals surface area contributed by atoms with Crippen molar-refractivity contribution in [3.63, 3.8) is 0 Å². The monoisotopic (exact) mass is 389 g/mol. The highest BCUT2D eigenvalue weighted by molar-refractivity contribution is 6.01. The molecular weight excluding hydrogens is 370 g/mol. The molecule has 8 heteroatoms. The predicted molar refractivity (Wildman–Crippen MR) is 109 cm³/mol. The molecule has 0 atom stereocenters. The number of hydrogen-bond acceptors (Lipinski definition) is 7. The van der Waals surface area contributed by atoms with Crippen molar-refractivity contribution in [3.8, 4) is 11.5 Å². The number of aliphatic imine (C=N–C) groups is 1. The summed E-state index contributed by atoms with van der Waals surface area (Å²) < 4.78 is 10.9. The van der Waals surface area contributed by atoms with Gasteiger partial charge in [0.25, 0.3) is 0 Å². The van der Waals surface area contributed by atoms with Gasteiger partial charge in [0.05, 0.1) is 6.54 Å². The lowest BCUT2D eigenvalue weighted by molar-refractivity contribution is -0.111. The second-order valence-electron chi connectivity index (χ2n) is 6.35. The average Bonchev–Trinajstić information content (AvgIpc) is 3.39. The van der Waals surface area contributed by atoms with Gasteiger partial charge in [-0.05, 0) is 36.8 Å². The van der Waals surface area contributed by atoms with Crippen molar-refractivity contribution in [1.82, 2.24) is 15.5 Å². The summed E-state index contributed by atoms with van der Waals surface area (Å²) in [6.45, 7) is 3.33. The average molecular weight is 389 g/mol. The van der Waals surface area contributed by atoms with Gasteiger partial charge < -0.3 is 19.9 Å². The molecule has 8 nitrogen and oxygen atoms in total. The Hall–Kier alpha value is -3.94. The maximum atomic E-state index is 12.0. The number of carbonyl (C=O) groups is 1. The van der Waals surface area contributed by atoms with Gasteiger partial charge in [-0.3, -0.25) is 14.8 Å². The van der Waals surface area contributed by atoms with Crippen LogP contribution >= 0.6 is 0 Å². The van der Waals surface area contributed by atoms with Crippen LogP contribution in [0.3, 0.4) is 0 Å². The molecule has 0 fully saturated rings. The van der Waals surface area contributed by atoms with Crippen LogP contribution in [-0.4, -0.2) is 35.0 Å². The van der Waals surface area contributed by atoms with E-state index in [0.717, 1.165) is 30.2 Å².